The fourth-order valence-corrected chi connectivity index (χ4v) is 2.80. The normalized spacial score (nSPS) is 11.9. The van der Waals surface area contributed by atoms with Crippen LogP contribution in [0.1, 0.15) is 28.9 Å². The van der Waals surface area contributed by atoms with Crippen molar-refractivity contribution in [2.45, 2.75) is 13.0 Å². The van der Waals surface area contributed by atoms with Gasteiger partial charge in [-0.3, -0.25) is 4.79 Å². The highest BCUT2D eigenvalue weighted by molar-refractivity contribution is 9.10. The number of hydrogen-bond acceptors (Lipinski definition) is 2. The molecular formula is C15H14BrClN2O. The number of amides is 1. The molecule has 20 heavy (non-hydrogen) atoms. The molecule has 2 aromatic rings. The zero-order valence-corrected chi connectivity index (χ0v) is 13.2. The number of nitrogens with one attached hydrogen (secondary N) is 1. The Hall–Kier alpha value is -1.52. The van der Waals surface area contributed by atoms with Crippen LogP contribution in [-0.2, 0) is 0 Å². The second kappa shape index (κ2) is 6.29. The molecule has 0 unspecified atom stereocenters. The van der Waals surface area contributed by atoms with Crippen LogP contribution in [0.25, 0.3) is 0 Å². The van der Waals surface area contributed by atoms with E-state index in [4.69, 9.17) is 17.3 Å². The lowest BCUT2D eigenvalue weighted by molar-refractivity contribution is 0.0940. The van der Waals surface area contributed by atoms with E-state index in [1.165, 1.54) is 0 Å². The number of carbonyl (C=O) groups excluding carboxylic acids is 1. The fraction of sp³-hybridized carbons (Fsp3) is 0.133. The Morgan fingerprint density at radius 3 is 2.65 bits per heavy atom. The zero-order valence-electron chi connectivity index (χ0n) is 10.9. The van der Waals surface area contributed by atoms with Crippen LogP contribution < -0.4 is 11.1 Å². The van der Waals surface area contributed by atoms with Crippen LogP contribution in [0.4, 0.5) is 5.69 Å². The predicted octanol–water partition coefficient (Wildman–Crippen LogP) is 4.18. The van der Waals surface area contributed by atoms with Crippen molar-refractivity contribution < 1.29 is 4.79 Å². The summed E-state index contributed by atoms with van der Waals surface area (Å²) in [6.45, 7) is 1.92. The van der Waals surface area contributed by atoms with E-state index in [-0.39, 0.29) is 11.9 Å². The largest absolute Gasteiger partial charge is 0.399 e. The zero-order chi connectivity index (χ0) is 14.7. The molecule has 5 heteroatoms. The Balaban J connectivity index is 2.17. The molecule has 0 radical (unpaired) electrons. The SMILES string of the molecule is C[C@H](NC(=O)c1cc(N)cc(Cl)c1)c1ccccc1Br. The van der Waals surface area contributed by atoms with E-state index in [1.807, 2.05) is 31.2 Å². The second-order valence-corrected chi connectivity index (χ2v) is 5.78. The lowest BCUT2D eigenvalue weighted by Crippen LogP contribution is -2.26. The van der Waals surface area contributed by atoms with Crippen molar-refractivity contribution in [2.75, 3.05) is 5.73 Å². The Morgan fingerprint density at radius 1 is 1.30 bits per heavy atom. The molecule has 1 atom stereocenters. The van der Waals surface area contributed by atoms with Crippen molar-refractivity contribution in [1.82, 2.24) is 5.32 Å². The molecule has 2 aromatic carbocycles. The number of anilines is 1. The first-order chi connectivity index (χ1) is 9.47. The highest BCUT2D eigenvalue weighted by Crippen LogP contribution is 2.23. The van der Waals surface area contributed by atoms with Crippen LogP contribution in [0.2, 0.25) is 5.02 Å². The smallest absolute Gasteiger partial charge is 0.251 e. The quantitative estimate of drug-likeness (QED) is 0.813. The summed E-state index contributed by atoms with van der Waals surface area (Å²) < 4.78 is 0.957. The molecule has 1 amide bonds. The van der Waals surface area contributed by atoms with E-state index in [0.717, 1.165) is 10.0 Å². The minimum absolute atomic E-state index is 0.127. The molecule has 0 aliphatic heterocycles. The molecule has 2 rings (SSSR count). The van der Waals surface area contributed by atoms with Crippen LogP contribution in [-0.4, -0.2) is 5.91 Å². The maximum Gasteiger partial charge on any atom is 0.251 e. The lowest BCUT2D eigenvalue weighted by Gasteiger charge is -2.16. The van der Waals surface area contributed by atoms with E-state index in [2.05, 4.69) is 21.2 Å². The van der Waals surface area contributed by atoms with Gasteiger partial charge in [-0.2, -0.15) is 0 Å². The maximum absolute atomic E-state index is 12.2. The number of halogens is 2. The van der Waals surface area contributed by atoms with Gasteiger partial charge in [0.1, 0.15) is 0 Å². The highest BCUT2D eigenvalue weighted by Gasteiger charge is 2.14. The van der Waals surface area contributed by atoms with Crippen molar-refractivity contribution in [3.8, 4) is 0 Å². The molecule has 3 nitrogen and oxygen atoms in total. The third-order valence-corrected chi connectivity index (χ3v) is 3.84. The number of nitrogens with two attached hydrogens (primary N) is 1. The molecule has 0 saturated carbocycles. The number of nitrogen functional groups attached to an aromatic ring is 1. The summed E-state index contributed by atoms with van der Waals surface area (Å²) in [6.07, 6.45) is 0. The highest BCUT2D eigenvalue weighted by atomic mass is 79.9. The number of carbonyl (C=O) groups is 1. The summed E-state index contributed by atoms with van der Waals surface area (Å²) in [5.74, 6) is -0.206. The van der Waals surface area contributed by atoms with Gasteiger partial charge in [0.25, 0.3) is 5.91 Å². The molecule has 0 heterocycles. The van der Waals surface area contributed by atoms with Crippen molar-refractivity contribution >= 4 is 39.1 Å². The minimum atomic E-state index is -0.206. The van der Waals surface area contributed by atoms with Gasteiger partial charge in [0.2, 0.25) is 0 Å². The Labute approximate surface area is 131 Å². The minimum Gasteiger partial charge on any atom is -0.399 e. The summed E-state index contributed by atoms with van der Waals surface area (Å²) in [6, 6.07) is 12.4. The topological polar surface area (TPSA) is 55.1 Å². The number of hydrogen-bond donors (Lipinski definition) is 2. The Bertz CT molecular complexity index is 625. The van der Waals surface area contributed by atoms with Crippen LogP contribution in [0.15, 0.2) is 46.9 Å². The molecule has 0 fully saturated rings. The monoisotopic (exact) mass is 352 g/mol. The van der Waals surface area contributed by atoms with Gasteiger partial charge in [-0.25, -0.2) is 0 Å². The fourth-order valence-electron chi connectivity index (χ4n) is 1.93. The van der Waals surface area contributed by atoms with Crippen molar-refractivity contribution in [3.05, 3.63) is 63.1 Å². The predicted molar refractivity (Wildman–Crippen MR) is 85.9 cm³/mol. The number of rotatable bonds is 3. The van der Waals surface area contributed by atoms with Crippen molar-refractivity contribution in [3.63, 3.8) is 0 Å². The summed E-state index contributed by atoms with van der Waals surface area (Å²) >= 11 is 9.38. The molecule has 0 spiro atoms. The van der Waals surface area contributed by atoms with E-state index in [9.17, 15) is 4.79 Å². The second-order valence-electron chi connectivity index (χ2n) is 4.49. The standard InChI is InChI=1S/C15H14BrClN2O/c1-9(13-4-2-3-5-14(13)16)19-15(20)10-6-11(17)8-12(18)7-10/h2-9H,18H2,1H3,(H,19,20)/t9-/m0/s1. The molecule has 0 saturated heterocycles. The third kappa shape index (κ3) is 3.52. The Morgan fingerprint density at radius 2 is 2.00 bits per heavy atom. The van der Waals surface area contributed by atoms with Crippen LogP contribution >= 0.6 is 27.5 Å². The Kier molecular flexibility index (Phi) is 4.68. The molecular weight excluding hydrogens is 340 g/mol. The average Bonchev–Trinajstić information content (AvgIpc) is 2.37. The molecule has 104 valence electrons. The molecule has 0 aliphatic carbocycles. The molecule has 0 bridgehead atoms. The third-order valence-electron chi connectivity index (χ3n) is 2.90. The van der Waals surface area contributed by atoms with Gasteiger partial charge in [-0.1, -0.05) is 45.7 Å². The lowest BCUT2D eigenvalue weighted by atomic mass is 10.1. The summed E-state index contributed by atoms with van der Waals surface area (Å²) in [5, 5.41) is 3.37. The van der Waals surface area contributed by atoms with Crippen molar-refractivity contribution in [2.24, 2.45) is 0 Å². The van der Waals surface area contributed by atoms with E-state index in [0.29, 0.717) is 16.3 Å². The first kappa shape index (κ1) is 14.9. The van der Waals surface area contributed by atoms with Gasteiger partial charge < -0.3 is 11.1 Å². The molecule has 3 N–H and O–H groups in total. The summed E-state index contributed by atoms with van der Waals surface area (Å²) in [5.41, 5.74) is 7.62. The van der Waals surface area contributed by atoms with Gasteiger partial charge >= 0.3 is 0 Å². The van der Waals surface area contributed by atoms with Gasteiger partial charge in [-0.15, -0.1) is 0 Å². The van der Waals surface area contributed by atoms with Crippen molar-refractivity contribution in [1.29, 1.82) is 0 Å². The first-order valence-corrected chi connectivity index (χ1v) is 7.26. The van der Waals surface area contributed by atoms with E-state index < -0.39 is 0 Å². The van der Waals surface area contributed by atoms with E-state index >= 15 is 0 Å². The average molecular weight is 354 g/mol. The van der Waals surface area contributed by atoms with Gasteiger partial charge in [-0.05, 0) is 36.8 Å². The summed E-state index contributed by atoms with van der Waals surface area (Å²) in [4.78, 5) is 12.2. The van der Waals surface area contributed by atoms with E-state index in [1.54, 1.807) is 18.2 Å². The van der Waals surface area contributed by atoms with Crippen LogP contribution in [0.3, 0.4) is 0 Å². The summed E-state index contributed by atoms with van der Waals surface area (Å²) in [7, 11) is 0. The molecule has 0 aliphatic rings. The van der Waals surface area contributed by atoms with Gasteiger partial charge in [0, 0.05) is 20.7 Å². The van der Waals surface area contributed by atoms with Crippen LogP contribution in [0.5, 0.6) is 0 Å². The molecule has 0 aromatic heterocycles. The first-order valence-electron chi connectivity index (χ1n) is 6.08. The maximum atomic E-state index is 12.2. The van der Waals surface area contributed by atoms with Crippen LogP contribution in [0, 0.1) is 0 Å². The van der Waals surface area contributed by atoms with Gasteiger partial charge in [0.05, 0.1) is 6.04 Å². The van der Waals surface area contributed by atoms with Gasteiger partial charge in [0.15, 0.2) is 0 Å². The number of benzene rings is 2.